The molecule has 0 saturated carbocycles. The van der Waals surface area contributed by atoms with Crippen LogP contribution in [0.1, 0.15) is 58.5 Å². The van der Waals surface area contributed by atoms with Gasteiger partial charge < -0.3 is 10.2 Å². The second-order valence-corrected chi connectivity index (χ2v) is 9.35. The Labute approximate surface area is 220 Å². The molecule has 2 N–H and O–H groups in total. The highest BCUT2D eigenvalue weighted by molar-refractivity contribution is 6.31. The minimum absolute atomic E-state index is 0. The van der Waals surface area contributed by atoms with Crippen LogP contribution in [-0.2, 0) is 17.8 Å². The van der Waals surface area contributed by atoms with E-state index >= 15 is 0 Å². The molecule has 0 aliphatic carbocycles. The lowest BCUT2D eigenvalue weighted by Crippen LogP contribution is -2.27. The van der Waals surface area contributed by atoms with Gasteiger partial charge in [0.25, 0.3) is 5.91 Å². The van der Waals surface area contributed by atoms with Gasteiger partial charge in [-0.3, -0.25) is 19.7 Å². The number of nitrogens with one attached hydrogen (secondary N) is 2. The molecular weight excluding hydrogens is 497 g/mol. The van der Waals surface area contributed by atoms with Gasteiger partial charge in [-0.25, -0.2) is 0 Å². The highest BCUT2D eigenvalue weighted by Gasteiger charge is 2.27. The summed E-state index contributed by atoms with van der Waals surface area (Å²) in [6, 6.07) is 15.9. The number of amides is 2. The van der Waals surface area contributed by atoms with Crippen LogP contribution < -0.4 is 5.32 Å². The van der Waals surface area contributed by atoms with E-state index in [1.807, 2.05) is 23.1 Å². The fourth-order valence-electron chi connectivity index (χ4n) is 4.73. The van der Waals surface area contributed by atoms with E-state index < -0.39 is 0 Å². The first-order chi connectivity index (χ1) is 17.0. The van der Waals surface area contributed by atoms with E-state index in [1.165, 1.54) is 5.56 Å². The van der Waals surface area contributed by atoms with Gasteiger partial charge >= 0.3 is 0 Å². The van der Waals surface area contributed by atoms with E-state index in [0.717, 1.165) is 47.1 Å². The fraction of sp³-hybridized carbons (Fsp3) is 0.259. The highest BCUT2D eigenvalue weighted by Crippen LogP contribution is 2.32. The van der Waals surface area contributed by atoms with Gasteiger partial charge in [0.2, 0.25) is 5.91 Å². The fourth-order valence-corrected chi connectivity index (χ4v) is 4.91. The van der Waals surface area contributed by atoms with Crippen LogP contribution in [0.4, 0.5) is 0 Å². The van der Waals surface area contributed by atoms with Crippen molar-refractivity contribution in [2.45, 2.75) is 38.8 Å². The van der Waals surface area contributed by atoms with Crippen molar-refractivity contribution < 1.29 is 9.59 Å². The zero-order valence-corrected chi connectivity index (χ0v) is 21.4. The van der Waals surface area contributed by atoms with Gasteiger partial charge in [0.1, 0.15) is 0 Å². The van der Waals surface area contributed by atoms with Crippen molar-refractivity contribution in [3.63, 3.8) is 0 Å². The molecule has 186 valence electrons. The second kappa shape index (κ2) is 11.1. The van der Waals surface area contributed by atoms with Crippen molar-refractivity contribution in [3.8, 4) is 0 Å². The predicted molar refractivity (Wildman–Crippen MR) is 142 cm³/mol. The number of aromatic nitrogens is 3. The maximum Gasteiger partial charge on any atom is 0.253 e. The molecule has 36 heavy (non-hydrogen) atoms. The highest BCUT2D eigenvalue weighted by atomic mass is 35.5. The molecule has 3 heterocycles. The van der Waals surface area contributed by atoms with Crippen LogP contribution in [0.5, 0.6) is 0 Å². The average Bonchev–Trinajstić information content (AvgIpc) is 3.51. The van der Waals surface area contributed by atoms with E-state index in [2.05, 4.69) is 44.8 Å². The number of pyridine rings is 1. The number of carbonyl (C=O) groups is 2. The summed E-state index contributed by atoms with van der Waals surface area (Å²) in [6.07, 6.45) is 6.05. The molecule has 7 nitrogen and oxygen atoms in total. The molecule has 1 aliphatic rings. The summed E-state index contributed by atoms with van der Waals surface area (Å²) in [5, 5.41) is 11.7. The van der Waals surface area contributed by atoms with Crippen LogP contribution in [-0.4, -0.2) is 38.4 Å². The lowest BCUT2D eigenvalue weighted by Gasteiger charge is -2.23. The molecule has 2 amide bonds. The minimum Gasteiger partial charge on any atom is -0.346 e. The third-order valence-corrected chi connectivity index (χ3v) is 6.74. The van der Waals surface area contributed by atoms with Gasteiger partial charge in [-0.1, -0.05) is 35.9 Å². The number of rotatable bonds is 6. The van der Waals surface area contributed by atoms with Crippen molar-refractivity contribution >= 4 is 46.7 Å². The van der Waals surface area contributed by atoms with Crippen LogP contribution >= 0.6 is 24.0 Å². The Hall–Kier alpha value is -3.42. The van der Waals surface area contributed by atoms with Crippen LogP contribution in [0.3, 0.4) is 0 Å². The third kappa shape index (κ3) is 5.53. The molecule has 1 fully saturated rings. The van der Waals surface area contributed by atoms with Gasteiger partial charge in [-0.05, 0) is 60.2 Å². The molecule has 2 aromatic carbocycles. The summed E-state index contributed by atoms with van der Waals surface area (Å²) in [6.45, 7) is 2.74. The number of carbonyl (C=O) groups excluding carboxylic acids is 2. The molecule has 9 heteroatoms. The van der Waals surface area contributed by atoms with Crippen molar-refractivity contribution in [1.82, 2.24) is 25.4 Å². The molecule has 1 aliphatic heterocycles. The first kappa shape index (κ1) is 25.7. The predicted octanol–water partition coefficient (Wildman–Crippen LogP) is 5.24. The van der Waals surface area contributed by atoms with Crippen LogP contribution in [0, 0.1) is 0 Å². The molecule has 4 aromatic rings. The van der Waals surface area contributed by atoms with E-state index in [4.69, 9.17) is 11.6 Å². The minimum atomic E-state index is -0.210. The van der Waals surface area contributed by atoms with E-state index in [9.17, 15) is 9.59 Å². The summed E-state index contributed by atoms with van der Waals surface area (Å²) >= 11 is 6.10. The molecule has 1 atom stereocenters. The van der Waals surface area contributed by atoms with Crippen molar-refractivity contribution in [1.29, 1.82) is 0 Å². The van der Waals surface area contributed by atoms with Gasteiger partial charge in [0.05, 0.1) is 29.4 Å². The van der Waals surface area contributed by atoms with Crippen molar-refractivity contribution in [3.05, 3.63) is 93.9 Å². The number of H-pyrrole nitrogens is 1. The number of nitrogens with zero attached hydrogens (tertiary/aromatic N) is 3. The van der Waals surface area contributed by atoms with E-state index in [1.54, 1.807) is 25.4 Å². The number of hydrogen-bond acceptors (Lipinski definition) is 4. The maximum atomic E-state index is 12.8. The quantitative estimate of drug-likeness (QED) is 0.361. The second-order valence-electron chi connectivity index (χ2n) is 8.91. The normalized spacial score (nSPS) is 15.1. The SMILES string of the molecule is CC(=O)N1CCCC1c1ccc(Cc2cncc(C(=O)NCc3n[nH]c4ccc(Cl)cc34)c2)cc1.Cl. The smallest absolute Gasteiger partial charge is 0.253 e. The topological polar surface area (TPSA) is 91.0 Å². The summed E-state index contributed by atoms with van der Waals surface area (Å²) < 4.78 is 0. The standard InChI is InChI=1S/C27H26ClN5O2.ClH/c1-17(34)33-10-2-3-26(33)20-6-4-18(5-7-20)11-19-12-21(15-29-14-19)27(35)30-16-25-23-13-22(28)8-9-24(23)31-32-25;/h4-9,12-15,26H,2-3,10-11,16H2,1H3,(H,30,35)(H,31,32);1H. The Morgan fingerprint density at radius 3 is 2.69 bits per heavy atom. The molecular formula is C27H27Cl2N5O2. The summed E-state index contributed by atoms with van der Waals surface area (Å²) in [7, 11) is 0. The lowest BCUT2D eigenvalue weighted by atomic mass is 9.99. The number of benzene rings is 2. The Balaban J connectivity index is 0.00000304. The Kier molecular flexibility index (Phi) is 7.91. The largest absolute Gasteiger partial charge is 0.346 e. The number of halogens is 2. The number of aromatic amines is 1. The van der Waals surface area contributed by atoms with E-state index in [0.29, 0.717) is 17.0 Å². The van der Waals surface area contributed by atoms with Crippen LogP contribution in [0.2, 0.25) is 5.02 Å². The van der Waals surface area contributed by atoms with Crippen molar-refractivity contribution in [2.24, 2.45) is 0 Å². The lowest BCUT2D eigenvalue weighted by molar-refractivity contribution is -0.129. The Bertz CT molecular complexity index is 1390. The zero-order chi connectivity index (χ0) is 24.4. The number of hydrogen-bond donors (Lipinski definition) is 2. The average molecular weight is 524 g/mol. The first-order valence-electron chi connectivity index (χ1n) is 11.7. The molecule has 0 spiro atoms. The summed E-state index contributed by atoms with van der Waals surface area (Å²) in [5.74, 6) is -0.0829. The zero-order valence-electron chi connectivity index (χ0n) is 19.8. The molecule has 1 saturated heterocycles. The van der Waals surface area contributed by atoms with Crippen LogP contribution in [0.25, 0.3) is 10.9 Å². The molecule has 0 radical (unpaired) electrons. The summed E-state index contributed by atoms with van der Waals surface area (Å²) in [5.41, 5.74) is 5.34. The van der Waals surface area contributed by atoms with Gasteiger partial charge in [0, 0.05) is 36.3 Å². The first-order valence-corrected chi connectivity index (χ1v) is 12.1. The van der Waals surface area contributed by atoms with Gasteiger partial charge in [0.15, 0.2) is 0 Å². The monoisotopic (exact) mass is 523 g/mol. The van der Waals surface area contributed by atoms with E-state index in [-0.39, 0.29) is 36.8 Å². The number of fused-ring (bicyclic) bond motifs is 1. The van der Waals surface area contributed by atoms with Crippen LogP contribution in [0.15, 0.2) is 60.9 Å². The third-order valence-electron chi connectivity index (χ3n) is 6.51. The van der Waals surface area contributed by atoms with Gasteiger partial charge in [-0.15, -0.1) is 12.4 Å². The van der Waals surface area contributed by atoms with Gasteiger partial charge in [-0.2, -0.15) is 5.10 Å². The molecule has 5 rings (SSSR count). The number of likely N-dealkylation sites (tertiary alicyclic amines) is 1. The maximum absolute atomic E-state index is 12.8. The Morgan fingerprint density at radius 1 is 1.11 bits per heavy atom. The van der Waals surface area contributed by atoms with Crippen molar-refractivity contribution in [2.75, 3.05) is 6.54 Å². The molecule has 1 unspecified atom stereocenters. The summed E-state index contributed by atoms with van der Waals surface area (Å²) in [4.78, 5) is 30.9. The Morgan fingerprint density at radius 2 is 1.92 bits per heavy atom. The molecule has 2 aromatic heterocycles. The molecule has 0 bridgehead atoms.